The van der Waals surface area contributed by atoms with Crippen LogP contribution in [0.1, 0.15) is 32.7 Å². The second kappa shape index (κ2) is 6.22. The topological polar surface area (TPSA) is 79.6 Å². The lowest BCUT2D eigenvalue weighted by molar-refractivity contribution is -0.142. The molecule has 1 N–H and O–H groups in total. The van der Waals surface area contributed by atoms with Crippen LogP contribution in [0.5, 0.6) is 0 Å². The Morgan fingerprint density at radius 2 is 1.88 bits per heavy atom. The fraction of sp³-hybridized carbons (Fsp3) is 0.471. The third kappa shape index (κ3) is 2.93. The number of rotatable bonds is 4. The molecule has 0 aliphatic carbocycles. The van der Waals surface area contributed by atoms with Crippen LogP contribution in [-0.4, -0.2) is 41.5 Å². The Kier molecular flexibility index (Phi) is 4.40. The molecule has 0 amide bonds. The number of benzene rings is 1. The summed E-state index contributed by atoms with van der Waals surface area (Å²) in [6.07, 6.45) is 2.69. The van der Waals surface area contributed by atoms with E-state index in [0.29, 0.717) is 18.9 Å². The normalized spacial score (nSPS) is 17.6. The average Bonchev–Trinajstić information content (AvgIpc) is 2.98. The summed E-state index contributed by atoms with van der Waals surface area (Å²) in [5.74, 6) is -1.29. The van der Waals surface area contributed by atoms with Crippen molar-refractivity contribution in [3.63, 3.8) is 0 Å². The predicted octanol–water partition coefficient (Wildman–Crippen LogP) is 2.71. The van der Waals surface area contributed by atoms with Gasteiger partial charge in [0.25, 0.3) is 0 Å². The average molecular weight is 350 g/mol. The number of carbonyl (C=O) groups is 1. The molecule has 0 unspecified atom stereocenters. The van der Waals surface area contributed by atoms with Gasteiger partial charge in [-0.15, -0.1) is 0 Å². The monoisotopic (exact) mass is 350 g/mol. The van der Waals surface area contributed by atoms with Crippen molar-refractivity contribution in [2.45, 2.75) is 37.6 Å². The molecule has 1 saturated heterocycles. The Balaban J connectivity index is 1.88. The zero-order chi connectivity index (χ0) is 17.5. The van der Waals surface area contributed by atoms with Crippen molar-refractivity contribution in [3.8, 4) is 0 Å². The van der Waals surface area contributed by atoms with Crippen LogP contribution in [0.2, 0.25) is 0 Å². The molecule has 0 saturated carbocycles. The lowest BCUT2D eigenvalue weighted by Gasteiger charge is -2.29. The Morgan fingerprint density at radius 3 is 2.46 bits per heavy atom. The molecule has 24 heavy (non-hydrogen) atoms. The lowest BCUT2D eigenvalue weighted by atomic mass is 9.99. The first kappa shape index (κ1) is 17.0. The summed E-state index contributed by atoms with van der Waals surface area (Å²) in [7, 11) is -3.58. The van der Waals surface area contributed by atoms with Gasteiger partial charge in [-0.05, 0) is 51.0 Å². The first-order valence-corrected chi connectivity index (χ1v) is 9.58. The maximum absolute atomic E-state index is 12.8. The molecule has 6 nitrogen and oxygen atoms in total. The lowest BCUT2D eigenvalue weighted by Crippen LogP contribution is -2.40. The Labute approximate surface area is 141 Å². The summed E-state index contributed by atoms with van der Waals surface area (Å²) in [4.78, 5) is 11.3. The van der Waals surface area contributed by atoms with E-state index in [2.05, 4.69) is 18.4 Å². The van der Waals surface area contributed by atoms with Gasteiger partial charge < -0.3 is 9.67 Å². The standard InChI is InChI=1S/C17H22N2O4S/c1-12(2)19-10-7-14-11-15(3-4-16(14)19)24(22,23)18-8-5-13(6-9-18)17(20)21/h3-4,7,10-13H,5-6,8-9H2,1-2H3,(H,20,21). The van der Waals surface area contributed by atoms with Crippen LogP contribution >= 0.6 is 0 Å². The highest BCUT2D eigenvalue weighted by molar-refractivity contribution is 7.89. The van der Waals surface area contributed by atoms with E-state index in [4.69, 9.17) is 5.11 Å². The second-order valence-electron chi connectivity index (χ2n) is 6.55. The Bertz CT molecular complexity index is 862. The number of nitrogens with zero attached hydrogens (tertiary/aromatic N) is 2. The number of carboxylic acids is 1. The minimum atomic E-state index is -3.58. The highest BCUT2D eigenvalue weighted by Crippen LogP contribution is 2.27. The zero-order valence-electron chi connectivity index (χ0n) is 13.8. The highest BCUT2D eigenvalue weighted by atomic mass is 32.2. The Hall–Kier alpha value is -1.86. The number of hydrogen-bond acceptors (Lipinski definition) is 3. The summed E-state index contributed by atoms with van der Waals surface area (Å²) in [6, 6.07) is 7.41. The fourth-order valence-electron chi connectivity index (χ4n) is 3.25. The molecule has 1 aromatic carbocycles. The van der Waals surface area contributed by atoms with Gasteiger partial charge in [0.15, 0.2) is 0 Å². The fourth-order valence-corrected chi connectivity index (χ4v) is 4.75. The molecule has 0 radical (unpaired) electrons. The first-order chi connectivity index (χ1) is 11.3. The summed E-state index contributed by atoms with van der Waals surface area (Å²) in [6.45, 7) is 4.67. The quantitative estimate of drug-likeness (QED) is 0.919. The smallest absolute Gasteiger partial charge is 0.306 e. The molecule has 3 rings (SSSR count). The molecule has 1 aliphatic heterocycles. The molecular formula is C17H22N2O4S. The molecule has 2 aromatic rings. The van der Waals surface area contributed by atoms with Gasteiger partial charge in [-0.25, -0.2) is 8.42 Å². The van der Waals surface area contributed by atoms with Crippen molar-refractivity contribution < 1.29 is 18.3 Å². The summed E-state index contributed by atoms with van der Waals surface area (Å²) >= 11 is 0. The Morgan fingerprint density at radius 1 is 1.21 bits per heavy atom. The van der Waals surface area contributed by atoms with Gasteiger partial charge in [0, 0.05) is 36.2 Å². The maximum atomic E-state index is 12.8. The molecule has 0 atom stereocenters. The molecule has 2 heterocycles. The number of hydrogen-bond donors (Lipinski definition) is 1. The number of carboxylic acid groups (broad SMARTS) is 1. The highest BCUT2D eigenvalue weighted by Gasteiger charge is 2.32. The molecule has 1 aromatic heterocycles. The van der Waals surface area contributed by atoms with E-state index >= 15 is 0 Å². The molecule has 1 fully saturated rings. The first-order valence-electron chi connectivity index (χ1n) is 8.14. The number of aromatic nitrogens is 1. The van der Waals surface area contributed by atoms with Crippen molar-refractivity contribution in [2.75, 3.05) is 13.1 Å². The van der Waals surface area contributed by atoms with Crippen molar-refractivity contribution in [3.05, 3.63) is 30.5 Å². The number of aliphatic carboxylic acids is 1. The van der Waals surface area contributed by atoms with Crippen LogP contribution in [-0.2, 0) is 14.8 Å². The SMILES string of the molecule is CC(C)n1ccc2cc(S(=O)(=O)N3CCC(C(=O)O)CC3)ccc21. The van der Waals surface area contributed by atoms with Crippen LogP contribution in [0.15, 0.2) is 35.4 Å². The number of sulfonamides is 1. The number of piperidine rings is 1. The van der Waals surface area contributed by atoms with Crippen LogP contribution in [0.4, 0.5) is 0 Å². The number of fused-ring (bicyclic) bond motifs is 1. The molecular weight excluding hydrogens is 328 g/mol. The predicted molar refractivity (Wildman–Crippen MR) is 91.4 cm³/mol. The van der Waals surface area contributed by atoms with Gasteiger partial charge in [-0.3, -0.25) is 4.79 Å². The van der Waals surface area contributed by atoms with E-state index in [1.54, 1.807) is 12.1 Å². The molecule has 0 spiro atoms. The zero-order valence-corrected chi connectivity index (χ0v) is 14.7. The second-order valence-corrected chi connectivity index (χ2v) is 8.49. The third-order valence-corrected chi connectivity index (χ3v) is 6.58. The van der Waals surface area contributed by atoms with E-state index in [-0.39, 0.29) is 18.0 Å². The third-order valence-electron chi connectivity index (χ3n) is 4.69. The van der Waals surface area contributed by atoms with Crippen LogP contribution in [0.25, 0.3) is 10.9 Å². The van der Waals surface area contributed by atoms with Crippen LogP contribution < -0.4 is 0 Å². The van der Waals surface area contributed by atoms with E-state index < -0.39 is 21.9 Å². The summed E-state index contributed by atoms with van der Waals surface area (Å²) < 4.78 is 29.1. The molecule has 0 bridgehead atoms. The van der Waals surface area contributed by atoms with Gasteiger partial charge in [0.1, 0.15) is 0 Å². The van der Waals surface area contributed by atoms with Crippen LogP contribution in [0, 0.1) is 5.92 Å². The van der Waals surface area contributed by atoms with Gasteiger partial charge in [-0.1, -0.05) is 0 Å². The van der Waals surface area contributed by atoms with E-state index in [9.17, 15) is 13.2 Å². The van der Waals surface area contributed by atoms with Crippen molar-refractivity contribution in [1.29, 1.82) is 0 Å². The summed E-state index contributed by atoms with van der Waals surface area (Å²) in [5.41, 5.74) is 1.01. The van der Waals surface area contributed by atoms with E-state index in [1.165, 1.54) is 4.31 Å². The van der Waals surface area contributed by atoms with Gasteiger partial charge in [0.05, 0.1) is 10.8 Å². The molecule has 130 valence electrons. The van der Waals surface area contributed by atoms with Crippen LogP contribution in [0.3, 0.4) is 0 Å². The molecule has 7 heteroatoms. The van der Waals surface area contributed by atoms with Crippen molar-refractivity contribution in [1.82, 2.24) is 8.87 Å². The van der Waals surface area contributed by atoms with Crippen molar-refractivity contribution in [2.24, 2.45) is 5.92 Å². The minimum Gasteiger partial charge on any atom is -0.481 e. The maximum Gasteiger partial charge on any atom is 0.306 e. The van der Waals surface area contributed by atoms with Crippen molar-refractivity contribution >= 4 is 26.9 Å². The largest absolute Gasteiger partial charge is 0.481 e. The molecule has 1 aliphatic rings. The van der Waals surface area contributed by atoms with E-state index in [1.807, 2.05) is 18.3 Å². The van der Waals surface area contributed by atoms with Gasteiger partial charge >= 0.3 is 5.97 Å². The minimum absolute atomic E-state index is 0.254. The van der Waals surface area contributed by atoms with E-state index in [0.717, 1.165) is 10.9 Å². The van der Waals surface area contributed by atoms with Gasteiger partial charge in [-0.2, -0.15) is 4.31 Å². The van der Waals surface area contributed by atoms with Gasteiger partial charge in [0.2, 0.25) is 10.0 Å². The summed E-state index contributed by atoms with van der Waals surface area (Å²) in [5, 5.41) is 9.93.